The Hall–Kier alpha value is -3.84. The fourth-order valence-electron chi connectivity index (χ4n) is 5.81. The van der Waals surface area contributed by atoms with Crippen LogP contribution in [-0.4, -0.2) is 51.6 Å². The Morgan fingerprint density at radius 1 is 0.947 bits per heavy atom. The number of ether oxygens (including phenoxy) is 2. The second-order valence-electron chi connectivity index (χ2n) is 9.67. The lowest BCUT2D eigenvalue weighted by Crippen LogP contribution is -2.44. The van der Waals surface area contributed by atoms with Gasteiger partial charge in [0, 0.05) is 29.6 Å². The van der Waals surface area contributed by atoms with Gasteiger partial charge in [-0.3, -0.25) is 9.69 Å². The zero-order valence-electron chi connectivity index (χ0n) is 21.6. The van der Waals surface area contributed by atoms with Gasteiger partial charge in [0.25, 0.3) is 5.91 Å². The van der Waals surface area contributed by atoms with E-state index < -0.39 is 0 Å². The summed E-state index contributed by atoms with van der Waals surface area (Å²) in [5.74, 6) is 1.54. The van der Waals surface area contributed by atoms with Crippen LogP contribution in [0, 0.1) is 0 Å². The van der Waals surface area contributed by atoms with Crippen LogP contribution in [0.1, 0.15) is 42.3 Å². The maximum Gasteiger partial charge on any atom is 0.251 e. The summed E-state index contributed by atoms with van der Waals surface area (Å²) >= 11 is 6.01. The van der Waals surface area contributed by atoms with E-state index in [1.54, 1.807) is 4.90 Å². The standard InChI is InChI=1S/C31H31N3O3S/c1-3-36-26-15-14-20(18-27(26)37-4-2)16-17-33-30(35)25-19-23-22-12-8-9-13-24(22)32-28(23)29(34(25)31(33)38)21-10-6-5-7-11-21/h5-15,18,25,29,32H,3-4,16-17,19H2,1-2H3/t25-,29+/m1/s1. The van der Waals surface area contributed by atoms with E-state index in [1.165, 1.54) is 10.9 Å². The highest BCUT2D eigenvalue weighted by Gasteiger charge is 2.50. The highest BCUT2D eigenvalue weighted by Crippen LogP contribution is 2.44. The highest BCUT2D eigenvalue weighted by molar-refractivity contribution is 7.80. The van der Waals surface area contributed by atoms with E-state index in [4.69, 9.17) is 21.7 Å². The molecule has 1 N–H and O–H groups in total. The largest absolute Gasteiger partial charge is 0.490 e. The topological polar surface area (TPSA) is 57.8 Å². The first-order valence-electron chi connectivity index (χ1n) is 13.3. The van der Waals surface area contributed by atoms with Gasteiger partial charge in [-0.25, -0.2) is 0 Å². The molecule has 0 unspecified atom stereocenters. The van der Waals surface area contributed by atoms with Gasteiger partial charge in [-0.1, -0.05) is 54.6 Å². The van der Waals surface area contributed by atoms with Gasteiger partial charge in [-0.15, -0.1) is 0 Å². The van der Waals surface area contributed by atoms with Gasteiger partial charge in [-0.05, 0) is 67.4 Å². The average molecular weight is 526 g/mol. The van der Waals surface area contributed by atoms with Crippen molar-refractivity contribution in [1.29, 1.82) is 0 Å². The van der Waals surface area contributed by atoms with Crippen LogP contribution in [0.4, 0.5) is 0 Å². The van der Waals surface area contributed by atoms with E-state index in [9.17, 15) is 4.79 Å². The van der Waals surface area contributed by atoms with Gasteiger partial charge >= 0.3 is 0 Å². The fraction of sp³-hybridized carbons (Fsp3) is 0.290. The summed E-state index contributed by atoms with van der Waals surface area (Å²) in [6, 6.07) is 24.2. The third-order valence-electron chi connectivity index (χ3n) is 7.48. The van der Waals surface area contributed by atoms with Gasteiger partial charge in [0.15, 0.2) is 16.6 Å². The van der Waals surface area contributed by atoms with Crippen LogP contribution < -0.4 is 9.47 Å². The first-order valence-corrected chi connectivity index (χ1v) is 13.7. The summed E-state index contributed by atoms with van der Waals surface area (Å²) in [7, 11) is 0. The Morgan fingerprint density at radius 2 is 1.68 bits per heavy atom. The Kier molecular flexibility index (Phi) is 6.54. The van der Waals surface area contributed by atoms with Gasteiger partial charge in [0.05, 0.1) is 19.3 Å². The van der Waals surface area contributed by atoms with Crippen molar-refractivity contribution >= 4 is 34.1 Å². The zero-order valence-corrected chi connectivity index (χ0v) is 22.5. The minimum atomic E-state index is -0.321. The van der Waals surface area contributed by atoms with Crippen molar-refractivity contribution in [2.75, 3.05) is 19.8 Å². The van der Waals surface area contributed by atoms with E-state index in [0.717, 1.165) is 33.8 Å². The summed E-state index contributed by atoms with van der Waals surface area (Å²) in [5, 5.41) is 1.77. The predicted molar refractivity (Wildman–Crippen MR) is 153 cm³/mol. The summed E-state index contributed by atoms with van der Waals surface area (Å²) < 4.78 is 11.5. The first kappa shape index (κ1) is 24.5. The number of nitrogens with zero attached hydrogens (tertiary/aromatic N) is 2. The van der Waals surface area contributed by atoms with Gasteiger partial charge < -0.3 is 19.4 Å². The van der Waals surface area contributed by atoms with Crippen molar-refractivity contribution in [3.63, 3.8) is 0 Å². The third-order valence-corrected chi connectivity index (χ3v) is 7.91. The molecule has 38 heavy (non-hydrogen) atoms. The molecule has 1 aromatic heterocycles. The van der Waals surface area contributed by atoms with E-state index in [0.29, 0.717) is 37.7 Å². The SMILES string of the molecule is CCOc1ccc(CCN2C(=O)[C@H]3Cc4c([nH]c5ccccc45)[C@H](c4ccccc4)N3C2=S)cc1OCC. The van der Waals surface area contributed by atoms with Gasteiger partial charge in [0.1, 0.15) is 6.04 Å². The van der Waals surface area contributed by atoms with Crippen molar-refractivity contribution in [1.82, 2.24) is 14.8 Å². The number of carbonyl (C=O) groups excluding carboxylic acids is 1. The first-order chi connectivity index (χ1) is 18.6. The molecule has 1 saturated heterocycles. The molecule has 3 aromatic carbocycles. The lowest BCUT2D eigenvalue weighted by Gasteiger charge is -2.37. The van der Waals surface area contributed by atoms with E-state index in [2.05, 4.69) is 40.2 Å². The van der Waals surface area contributed by atoms with Crippen LogP contribution in [0.2, 0.25) is 0 Å². The smallest absolute Gasteiger partial charge is 0.251 e. The third kappa shape index (κ3) is 4.11. The van der Waals surface area contributed by atoms with Crippen LogP contribution in [-0.2, 0) is 17.6 Å². The normalized spacial score (nSPS) is 18.6. The average Bonchev–Trinajstić information content (AvgIpc) is 3.42. The number of rotatable bonds is 8. The van der Waals surface area contributed by atoms with Crippen LogP contribution in [0.5, 0.6) is 11.5 Å². The molecule has 6 nitrogen and oxygen atoms in total. The molecule has 4 aromatic rings. The number of nitrogens with one attached hydrogen (secondary N) is 1. The minimum Gasteiger partial charge on any atom is -0.490 e. The molecular weight excluding hydrogens is 494 g/mol. The van der Waals surface area contributed by atoms with Crippen molar-refractivity contribution in [3.8, 4) is 11.5 Å². The van der Waals surface area contributed by atoms with Crippen molar-refractivity contribution in [2.45, 2.75) is 38.8 Å². The fourth-order valence-corrected chi connectivity index (χ4v) is 6.22. The molecule has 3 heterocycles. The second kappa shape index (κ2) is 10.1. The van der Waals surface area contributed by atoms with E-state index >= 15 is 0 Å². The molecule has 0 saturated carbocycles. The summed E-state index contributed by atoms with van der Waals surface area (Å²) in [5.41, 5.74) is 5.62. The number of thiocarbonyl (C=S) groups is 1. The molecule has 2 atom stereocenters. The number of hydrogen-bond donors (Lipinski definition) is 1. The number of benzene rings is 3. The van der Waals surface area contributed by atoms with Crippen LogP contribution in [0.25, 0.3) is 10.9 Å². The number of aromatic amines is 1. The molecule has 1 fully saturated rings. The highest BCUT2D eigenvalue weighted by atomic mass is 32.1. The Bertz CT molecular complexity index is 1500. The number of fused-ring (bicyclic) bond motifs is 4. The monoisotopic (exact) mass is 525 g/mol. The number of amides is 1. The Morgan fingerprint density at radius 3 is 2.47 bits per heavy atom. The van der Waals surface area contributed by atoms with Crippen molar-refractivity contribution in [2.24, 2.45) is 0 Å². The minimum absolute atomic E-state index is 0.0721. The number of carbonyl (C=O) groups is 1. The molecule has 6 rings (SSSR count). The summed E-state index contributed by atoms with van der Waals surface area (Å²) in [4.78, 5) is 21.5. The Labute approximate surface area is 228 Å². The summed E-state index contributed by atoms with van der Waals surface area (Å²) in [6.45, 7) is 5.57. The van der Waals surface area contributed by atoms with Crippen molar-refractivity contribution < 1.29 is 14.3 Å². The van der Waals surface area contributed by atoms with E-state index in [1.807, 2.05) is 56.3 Å². The Balaban J connectivity index is 1.31. The van der Waals surface area contributed by atoms with Crippen LogP contribution in [0.3, 0.4) is 0 Å². The van der Waals surface area contributed by atoms with Gasteiger partial charge in [-0.2, -0.15) is 0 Å². The summed E-state index contributed by atoms with van der Waals surface area (Å²) in [6.07, 6.45) is 1.30. The number of H-pyrrole nitrogens is 1. The molecule has 7 heteroatoms. The van der Waals surface area contributed by atoms with Crippen molar-refractivity contribution in [3.05, 3.63) is 95.2 Å². The number of para-hydroxylation sites is 1. The molecule has 0 aliphatic carbocycles. The molecule has 2 aliphatic rings. The molecule has 1 amide bonds. The second-order valence-corrected chi connectivity index (χ2v) is 10.0. The van der Waals surface area contributed by atoms with Crippen LogP contribution >= 0.6 is 12.2 Å². The quantitative estimate of drug-likeness (QED) is 0.301. The molecular formula is C31H31N3O3S. The number of aromatic nitrogens is 1. The predicted octanol–water partition coefficient (Wildman–Crippen LogP) is 5.65. The van der Waals surface area contributed by atoms with E-state index in [-0.39, 0.29) is 18.0 Å². The number of hydrogen-bond acceptors (Lipinski definition) is 4. The maximum atomic E-state index is 13.9. The lowest BCUT2D eigenvalue weighted by atomic mass is 9.89. The lowest BCUT2D eigenvalue weighted by molar-refractivity contribution is -0.128. The molecule has 2 aliphatic heterocycles. The van der Waals surface area contributed by atoms with Gasteiger partial charge in [0.2, 0.25) is 0 Å². The zero-order chi connectivity index (χ0) is 26.2. The molecule has 194 valence electrons. The maximum absolute atomic E-state index is 13.9. The molecule has 0 bridgehead atoms. The molecule has 0 radical (unpaired) electrons. The van der Waals surface area contributed by atoms with Crippen LogP contribution in [0.15, 0.2) is 72.8 Å². The molecule has 0 spiro atoms.